The maximum atomic E-state index is 13.4. The van der Waals surface area contributed by atoms with E-state index in [-0.39, 0.29) is 29.8 Å². The molecule has 2 heterocycles. The van der Waals surface area contributed by atoms with Gasteiger partial charge in [-0.25, -0.2) is 5.01 Å². The summed E-state index contributed by atoms with van der Waals surface area (Å²) in [6.45, 7) is 2.50. The molecule has 0 radical (unpaired) electrons. The number of hydrogen-bond acceptors (Lipinski definition) is 3. The maximum absolute atomic E-state index is 13.4. The Morgan fingerprint density at radius 2 is 1.59 bits per heavy atom. The zero-order valence-electron chi connectivity index (χ0n) is 16.8. The third-order valence-corrected chi connectivity index (χ3v) is 6.00. The molecule has 4 rings (SSSR count). The average molecular weight is 389 g/mol. The molecular weight excluding hydrogens is 362 g/mol. The Bertz CT molecular complexity index is 882. The van der Waals surface area contributed by atoms with Crippen LogP contribution in [0, 0.1) is 5.92 Å². The molecule has 0 spiro atoms. The van der Waals surface area contributed by atoms with Crippen molar-refractivity contribution < 1.29 is 9.59 Å². The average Bonchev–Trinajstić information content (AvgIpc) is 3.29. The van der Waals surface area contributed by atoms with Crippen LogP contribution in [0.1, 0.15) is 55.8 Å². The summed E-state index contributed by atoms with van der Waals surface area (Å²) >= 11 is 0. The van der Waals surface area contributed by atoms with Crippen molar-refractivity contribution in [3.63, 3.8) is 0 Å². The van der Waals surface area contributed by atoms with Gasteiger partial charge in [-0.05, 0) is 24.0 Å². The molecule has 150 valence electrons. The van der Waals surface area contributed by atoms with Crippen LogP contribution >= 0.6 is 0 Å². The quantitative estimate of drug-likeness (QED) is 0.781. The smallest absolute Gasteiger partial charge is 0.246 e. The Labute approximate surface area is 172 Å². The molecule has 2 aromatic rings. The number of benzene rings is 2. The monoisotopic (exact) mass is 389 g/mol. The van der Waals surface area contributed by atoms with E-state index in [1.54, 1.807) is 5.01 Å². The van der Waals surface area contributed by atoms with Crippen molar-refractivity contribution in [3.05, 3.63) is 71.8 Å². The molecule has 2 amide bonds. The fourth-order valence-electron chi connectivity index (χ4n) is 4.45. The minimum atomic E-state index is -0.137. The first-order valence-electron chi connectivity index (χ1n) is 10.4. The second kappa shape index (κ2) is 8.60. The normalized spacial score (nSPS) is 24.0. The fraction of sp³-hybridized carbons (Fsp3) is 0.375. The van der Waals surface area contributed by atoms with Crippen molar-refractivity contribution in [2.75, 3.05) is 6.54 Å². The lowest BCUT2D eigenvalue weighted by molar-refractivity contribution is -0.144. The molecule has 2 aliphatic rings. The van der Waals surface area contributed by atoms with Gasteiger partial charge in [0.05, 0.1) is 12.1 Å². The zero-order valence-corrected chi connectivity index (χ0v) is 16.8. The largest absolute Gasteiger partial charge is 0.336 e. The summed E-state index contributed by atoms with van der Waals surface area (Å²) in [5.41, 5.74) is 2.20. The van der Waals surface area contributed by atoms with Crippen LogP contribution in [0.3, 0.4) is 0 Å². The Hall–Kier alpha value is -2.95. The molecule has 1 fully saturated rings. The van der Waals surface area contributed by atoms with Crippen LogP contribution < -0.4 is 0 Å². The number of amides is 2. The number of piperidine rings is 1. The van der Waals surface area contributed by atoms with Crippen LogP contribution in [0.2, 0.25) is 0 Å². The first-order valence-corrected chi connectivity index (χ1v) is 10.4. The molecule has 2 aromatic carbocycles. The van der Waals surface area contributed by atoms with Gasteiger partial charge in [0.1, 0.15) is 0 Å². The van der Waals surface area contributed by atoms with Gasteiger partial charge in [-0.1, -0.05) is 67.6 Å². The van der Waals surface area contributed by atoms with Crippen LogP contribution in [-0.4, -0.2) is 34.5 Å². The maximum Gasteiger partial charge on any atom is 0.246 e. The van der Waals surface area contributed by atoms with E-state index in [2.05, 4.69) is 17.2 Å². The predicted molar refractivity (Wildman–Crippen MR) is 113 cm³/mol. The van der Waals surface area contributed by atoms with Gasteiger partial charge in [-0.15, -0.1) is 0 Å². The molecule has 2 aliphatic heterocycles. The van der Waals surface area contributed by atoms with Crippen molar-refractivity contribution in [3.8, 4) is 0 Å². The molecule has 0 bridgehead atoms. The SMILES string of the molecule is CCC(=O)N1CCC(C(=O)N2N=CCC2c2ccccc2)CC1c1ccccc1. The molecule has 0 aromatic heterocycles. The molecule has 0 N–H and O–H groups in total. The highest BCUT2D eigenvalue weighted by molar-refractivity contribution is 5.83. The Balaban J connectivity index is 1.55. The summed E-state index contributed by atoms with van der Waals surface area (Å²) in [7, 11) is 0. The fourth-order valence-corrected chi connectivity index (χ4v) is 4.45. The van der Waals surface area contributed by atoms with E-state index in [1.807, 2.05) is 66.6 Å². The van der Waals surface area contributed by atoms with Gasteiger partial charge in [0.2, 0.25) is 11.8 Å². The molecule has 3 unspecified atom stereocenters. The Kier molecular flexibility index (Phi) is 5.74. The van der Waals surface area contributed by atoms with Crippen LogP contribution in [0.5, 0.6) is 0 Å². The third kappa shape index (κ3) is 3.95. The lowest BCUT2D eigenvalue weighted by Crippen LogP contribution is -2.45. The molecule has 1 saturated heterocycles. The molecule has 0 aliphatic carbocycles. The van der Waals surface area contributed by atoms with Gasteiger partial charge >= 0.3 is 0 Å². The van der Waals surface area contributed by atoms with E-state index in [4.69, 9.17) is 0 Å². The van der Waals surface area contributed by atoms with E-state index >= 15 is 0 Å². The van der Waals surface area contributed by atoms with Gasteiger partial charge in [0.25, 0.3) is 0 Å². The number of carbonyl (C=O) groups is 2. The lowest BCUT2D eigenvalue weighted by atomic mass is 9.85. The van der Waals surface area contributed by atoms with Crippen molar-refractivity contribution in [2.24, 2.45) is 11.0 Å². The van der Waals surface area contributed by atoms with Gasteiger partial charge in [0, 0.05) is 31.5 Å². The zero-order chi connectivity index (χ0) is 20.2. The standard InChI is InChI=1S/C24H27N3O2/c1-2-23(28)26-16-14-20(17-22(26)19-11-7-4-8-12-19)24(29)27-21(13-15-25-27)18-9-5-3-6-10-18/h3-12,15,20-22H,2,13-14,16-17H2,1H3. The second-order valence-electron chi connectivity index (χ2n) is 7.73. The van der Waals surface area contributed by atoms with Crippen molar-refractivity contribution >= 4 is 18.0 Å². The third-order valence-electron chi connectivity index (χ3n) is 6.00. The van der Waals surface area contributed by atoms with Crippen molar-refractivity contribution in [1.82, 2.24) is 9.91 Å². The molecule has 3 atom stereocenters. The Morgan fingerprint density at radius 1 is 0.966 bits per heavy atom. The van der Waals surface area contributed by atoms with Gasteiger partial charge in [0.15, 0.2) is 0 Å². The summed E-state index contributed by atoms with van der Waals surface area (Å²) in [4.78, 5) is 27.9. The van der Waals surface area contributed by atoms with Gasteiger partial charge in [-0.3, -0.25) is 9.59 Å². The highest BCUT2D eigenvalue weighted by Gasteiger charge is 2.39. The van der Waals surface area contributed by atoms with Gasteiger partial charge in [-0.2, -0.15) is 5.10 Å². The summed E-state index contributed by atoms with van der Waals surface area (Å²) < 4.78 is 0. The summed E-state index contributed by atoms with van der Waals surface area (Å²) in [6.07, 6.45) is 4.38. The first kappa shape index (κ1) is 19.4. The summed E-state index contributed by atoms with van der Waals surface area (Å²) in [5.74, 6) is 0.0748. The van der Waals surface area contributed by atoms with E-state index in [1.165, 1.54) is 0 Å². The number of likely N-dealkylation sites (tertiary alicyclic amines) is 1. The summed E-state index contributed by atoms with van der Waals surface area (Å²) in [6, 6.07) is 20.0. The number of nitrogens with zero attached hydrogens (tertiary/aromatic N) is 3. The summed E-state index contributed by atoms with van der Waals surface area (Å²) in [5, 5.41) is 6.08. The molecular formula is C24H27N3O2. The topological polar surface area (TPSA) is 53.0 Å². The molecule has 29 heavy (non-hydrogen) atoms. The predicted octanol–water partition coefficient (Wildman–Crippen LogP) is 4.34. The number of hydrazone groups is 1. The minimum Gasteiger partial charge on any atom is -0.336 e. The lowest BCUT2D eigenvalue weighted by Gasteiger charge is -2.40. The molecule has 5 nitrogen and oxygen atoms in total. The van der Waals surface area contributed by atoms with E-state index < -0.39 is 0 Å². The highest BCUT2D eigenvalue weighted by Crippen LogP contribution is 2.38. The van der Waals surface area contributed by atoms with E-state index in [0.717, 1.165) is 17.5 Å². The van der Waals surface area contributed by atoms with Crippen LogP contribution in [0.4, 0.5) is 0 Å². The second-order valence-corrected chi connectivity index (χ2v) is 7.73. The number of rotatable bonds is 4. The number of carbonyl (C=O) groups excluding carboxylic acids is 2. The van der Waals surface area contributed by atoms with Gasteiger partial charge < -0.3 is 4.90 Å². The highest BCUT2D eigenvalue weighted by atomic mass is 16.2. The van der Waals surface area contributed by atoms with E-state index in [0.29, 0.717) is 25.8 Å². The first-order chi connectivity index (χ1) is 14.2. The number of hydrogen-bond donors (Lipinski definition) is 0. The van der Waals surface area contributed by atoms with Crippen molar-refractivity contribution in [2.45, 2.75) is 44.7 Å². The minimum absolute atomic E-state index is 0.0332. The molecule has 0 saturated carbocycles. The molecule has 5 heteroatoms. The van der Waals surface area contributed by atoms with Crippen LogP contribution in [0.25, 0.3) is 0 Å². The van der Waals surface area contributed by atoms with Crippen molar-refractivity contribution in [1.29, 1.82) is 0 Å². The van der Waals surface area contributed by atoms with Crippen LogP contribution in [-0.2, 0) is 9.59 Å². The Morgan fingerprint density at radius 3 is 2.21 bits per heavy atom. The van der Waals surface area contributed by atoms with E-state index in [9.17, 15) is 9.59 Å². The van der Waals surface area contributed by atoms with Crippen LogP contribution in [0.15, 0.2) is 65.8 Å².